The molecule has 0 aliphatic rings. The number of nitrogens with one attached hydrogen (secondary N) is 2. The first-order valence-electron chi connectivity index (χ1n) is 5.60. The summed E-state index contributed by atoms with van der Waals surface area (Å²) in [6.07, 6.45) is 1.03. The molecule has 0 atom stereocenters. The molecule has 106 valence electrons. The summed E-state index contributed by atoms with van der Waals surface area (Å²) < 4.78 is 13.3. The number of hydrogen-bond donors (Lipinski definition) is 2. The minimum Gasteiger partial charge on any atom is -0.317 e. The van der Waals surface area contributed by atoms with Gasteiger partial charge in [-0.1, -0.05) is 24.6 Å². The highest BCUT2D eigenvalue weighted by Gasteiger charge is 2.05. The molecule has 0 bridgehead atoms. The van der Waals surface area contributed by atoms with Crippen molar-refractivity contribution in [3.05, 3.63) is 34.6 Å². The number of benzene rings is 1. The summed E-state index contributed by atoms with van der Waals surface area (Å²) in [7, 11) is 0. The average Bonchev–Trinajstić information content (AvgIpc) is 2.26. The largest absolute Gasteiger partial charge is 0.317 e. The molecule has 0 aliphatic heterocycles. The summed E-state index contributed by atoms with van der Waals surface area (Å²) in [5.74, 6) is -0.244. The summed E-state index contributed by atoms with van der Waals surface area (Å²) in [6, 6.07) is 4.76. The van der Waals surface area contributed by atoms with Crippen molar-refractivity contribution in [2.75, 3.05) is 19.6 Å². The second kappa shape index (κ2) is 12.0. The standard InChI is InChI=1S/C12H18ClFN2.2ClH/c1-2-15-7-4-8-16-9-10-11(13)5-3-6-12(10)14;;/h3,5-6,15-16H,2,4,7-9H2,1H3;2*1H. The lowest BCUT2D eigenvalue weighted by Gasteiger charge is -2.07. The minimum absolute atomic E-state index is 0. The Kier molecular flexibility index (Phi) is 13.5. The van der Waals surface area contributed by atoms with Gasteiger partial charge in [0.1, 0.15) is 5.82 Å². The zero-order valence-electron chi connectivity index (χ0n) is 10.3. The Labute approximate surface area is 125 Å². The molecular formula is C12H20Cl3FN2. The van der Waals surface area contributed by atoms with Gasteiger partial charge in [0.15, 0.2) is 0 Å². The van der Waals surface area contributed by atoms with Gasteiger partial charge in [-0.3, -0.25) is 0 Å². The Morgan fingerprint density at radius 1 is 1.17 bits per heavy atom. The molecule has 0 unspecified atom stereocenters. The van der Waals surface area contributed by atoms with Crippen LogP contribution in [0.3, 0.4) is 0 Å². The second-order valence-corrected chi connectivity index (χ2v) is 3.99. The van der Waals surface area contributed by atoms with Gasteiger partial charge < -0.3 is 10.6 Å². The highest BCUT2D eigenvalue weighted by molar-refractivity contribution is 6.31. The van der Waals surface area contributed by atoms with Crippen LogP contribution in [0.2, 0.25) is 5.02 Å². The maximum absolute atomic E-state index is 13.3. The van der Waals surface area contributed by atoms with Crippen molar-refractivity contribution in [1.82, 2.24) is 10.6 Å². The number of halogens is 4. The fourth-order valence-electron chi connectivity index (χ4n) is 1.43. The van der Waals surface area contributed by atoms with E-state index in [-0.39, 0.29) is 30.6 Å². The molecule has 0 aromatic heterocycles. The van der Waals surface area contributed by atoms with Crippen LogP contribution in [0.4, 0.5) is 4.39 Å². The Morgan fingerprint density at radius 3 is 2.44 bits per heavy atom. The summed E-state index contributed by atoms with van der Waals surface area (Å²) >= 11 is 5.90. The van der Waals surface area contributed by atoms with Gasteiger partial charge in [0.25, 0.3) is 0 Å². The van der Waals surface area contributed by atoms with E-state index >= 15 is 0 Å². The maximum Gasteiger partial charge on any atom is 0.129 e. The maximum atomic E-state index is 13.3. The second-order valence-electron chi connectivity index (χ2n) is 3.58. The third-order valence-electron chi connectivity index (χ3n) is 2.32. The number of rotatable bonds is 7. The lowest BCUT2D eigenvalue weighted by atomic mass is 10.2. The van der Waals surface area contributed by atoms with Crippen LogP contribution >= 0.6 is 36.4 Å². The molecule has 1 rings (SSSR count). The van der Waals surface area contributed by atoms with Crippen LogP contribution in [0.5, 0.6) is 0 Å². The van der Waals surface area contributed by atoms with E-state index in [4.69, 9.17) is 11.6 Å². The highest BCUT2D eigenvalue weighted by Crippen LogP contribution is 2.18. The molecule has 2 N–H and O–H groups in total. The zero-order valence-corrected chi connectivity index (χ0v) is 12.7. The Bertz CT molecular complexity index is 304. The monoisotopic (exact) mass is 316 g/mol. The third kappa shape index (κ3) is 7.39. The van der Waals surface area contributed by atoms with E-state index in [9.17, 15) is 4.39 Å². The molecule has 2 nitrogen and oxygen atoms in total. The first-order valence-corrected chi connectivity index (χ1v) is 5.97. The lowest BCUT2D eigenvalue weighted by molar-refractivity contribution is 0.572. The molecular weight excluding hydrogens is 298 g/mol. The molecule has 0 aliphatic carbocycles. The Balaban J connectivity index is 0. The van der Waals surface area contributed by atoms with Gasteiger partial charge in [-0.25, -0.2) is 4.39 Å². The van der Waals surface area contributed by atoms with E-state index in [1.165, 1.54) is 6.07 Å². The van der Waals surface area contributed by atoms with Gasteiger partial charge in [0.2, 0.25) is 0 Å². The molecule has 0 saturated carbocycles. The summed E-state index contributed by atoms with van der Waals surface area (Å²) in [6.45, 7) is 5.38. The van der Waals surface area contributed by atoms with Gasteiger partial charge in [0.05, 0.1) is 0 Å². The summed E-state index contributed by atoms with van der Waals surface area (Å²) in [5.41, 5.74) is 0.549. The molecule has 1 aromatic rings. The van der Waals surface area contributed by atoms with Crippen LogP contribution < -0.4 is 10.6 Å². The highest BCUT2D eigenvalue weighted by atomic mass is 35.5. The topological polar surface area (TPSA) is 24.1 Å². The third-order valence-corrected chi connectivity index (χ3v) is 2.67. The van der Waals surface area contributed by atoms with Crippen LogP contribution in [-0.4, -0.2) is 19.6 Å². The van der Waals surface area contributed by atoms with Crippen molar-refractivity contribution in [2.24, 2.45) is 0 Å². The van der Waals surface area contributed by atoms with Crippen molar-refractivity contribution in [2.45, 2.75) is 19.9 Å². The van der Waals surface area contributed by atoms with Crippen molar-refractivity contribution in [3.8, 4) is 0 Å². The van der Waals surface area contributed by atoms with E-state index in [1.54, 1.807) is 12.1 Å². The van der Waals surface area contributed by atoms with Crippen LogP contribution in [0.15, 0.2) is 18.2 Å². The molecule has 0 heterocycles. The average molecular weight is 318 g/mol. The first-order chi connectivity index (χ1) is 7.75. The van der Waals surface area contributed by atoms with E-state index in [2.05, 4.69) is 17.6 Å². The van der Waals surface area contributed by atoms with Gasteiger partial charge >= 0.3 is 0 Å². The number of hydrogen-bond acceptors (Lipinski definition) is 2. The van der Waals surface area contributed by atoms with Crippen molar-refractivity contribution in [1.29, 1.82) is 0 Å². The predicted octanol–water partition coefficient (Wildman–Crippen LogP) is 3.41. The molecule has 18 heavy (non-hydrogen) atoms. The molecule has 0 spiro atoms. The van der Waals surface area contributed by atoms with E-state index < -0.39 is 0 Å². The van der Waals surface area contributed by atoms with Gasteiger partial charge in [-0.15, -0.1) is 24.8 Å². The Morgan fingerprint density at radius 2 is 1.83 bits per heavy atom. The molecule has 0 radical (unpaired) electrons. The minimum atomic E-state index is -0.244. The molecule has 0 saturated heterocycles. The van der Waals surface area contributed by atoms with Crippen LogP contribution in [-0.2, 0) is 6.54 Å². The summed E-state index contributed by atoms with van der Waals surface area (Å²) in [5, 5.41) is 6.89. The predicted molar refractivity (Wildman–Crippen MR) is 80.8 cm³/mol. The first kappa shape index (κ1) is 20.3. The zero-order chi connectivity index (χ0) is 11.8. The smallest absolute Gasteiger partial charge is 0.129 e. The van der Waals surface area contributed by atoms with Crippen LogP contribution in [0, 0.1) is 5.82 Å². The van der Waals surface area contributed by atoms with Crippen LogP contribution in [0.1, 0.15) is 18.9 Å². The van der Waals surface area contributed by atoms with Crippen molar-refractivity contribution >= 4 is 36.4 Å². The SMILES string of the molecule is CCNCCCNCc1c(F)cccc1Cl.Cl.Cl. The molecule has 0 amide bonds. The molecule has 1 aromatic carbocycles. The molecule has 0 fully saturated rings. The Hall–Kier alpha value is -0.0600. The van der Waals surface area contributed by atoms with Crippen molar-refractivity contribution < 1.29 is 4.39 Å². The summed E-state index contributed by atoms with van der Waals surface area (Å²) in [4.78, 5) is 0. The van der Waals surface area contributed by atoms with Crippen LogP contribution in [0.25, 0.3) is 0 Å². The van der Waals surface area contributed by atoms with E-state index in [1.807, 2.05) is 0 Å². The molecule has 6 heteroatoms. The fourth-order valence-corrected chi connectivity index (χ4v) is 1.66. The van der Waals surface area contributed by atoms with E-state index in [0.717, 1.165) is 26.1 Å². The normalized spacial score (nSPS) is 9.50. The van der Waals surface area contributed by atoms with Gasteiger partial charge in [-0.2, -0.15) is 0 Å². The lowest BCUT2D eigenvalue weighted by Crippen LogP contribution is -2.21. The van der Waals surface area contributed by atoms with Gasteiger partial charge in [0, 0.05) is 17.1 Å². The van der Waals surface area contributed by atoms with Crippen molar-refractivity contribution in [3.63, 3.8) is 0 Å². The van der Waals surface area contributed by atoms with Gasteiger partial charge in [-0.05, 0) is 38.2 Å². The van der Waals surface area contributed by atoms with E-state index in [0.29, 0.717) is 17.1 Å². The fraction of sp³-hybridized carbons (Fsp3) is 0.500. The quantitative estimate of drug-likeness (QED) is 0.753.